The van der Waals surface area contributed by atoms with Crippen LogP contribution in [0, 0.1) is 0 Å². The highest BCUT2D eigenvalue weighted by atomic mass is 15.2. The van der Waals surface area contributed by atoms with Crippen molar-refractivity contribution < 1.29 is 0 Å². The molecule has 0 aliphatic carbocycles. The second-order valence-electron chi connectivity index (χ2n) is 6.18. The molecule has 0 spiro atoms. The fourth-order valence-electron chi connectivity index (χ4n) is 2.93. The molecule has 3 aromatic heterocycles. The minimum atomic E-state index is 0.549. The van der Waals surface area contributed by atoms with E-state index in [0.717, 1.165) is 28.1 Å². The van der Waals surface area contributed by atoms with Gasteiger partial charge in [0.1, 0.15) is 11.5 Å². The Labute approximate surface area is 160 Å². The number of hydrogen-bond donors (Lipinski definition) is 2. The van der Waals surface area contributed by atoms with E-state index in [-0.39, 0.29) is 0 Å². The van der Waals surface area contributed by atoms with Crippen LogP contribution < -0.4 is 5.32 Å². The molecule has 0 aliphatic rings. The zero-order valence-corrected chi connectivity index (χ0v) is 14.7. The SMILES string of the molecule is c1cnc(-c2ccc(Nc3cccc(-c4nc5ccccc5[nH]4)c3)nn2)nc1. The van der Waals surface area contributed by atoms with Gasteiger partial charge < -0.3 is 10.3 Å². The maximum absolute atomic E-state index is 4.65. The number of H-pyrrole nitrogens is 1. The van der Waals surface area contributed by atoms with Crippen molar-refractivity contribution in [1.29, 1.82) is 0 Å². The Kier molecular flexibility index (Phi) is 3.95. The van der Waals surface area contributed by atoms with Gasteiger partial charge in [0.25, 0.3) is 0 Å². The van der Waals surface area contributed by atoms with Gasteiger partial charge in [-0.25, -0.2) is 15.0 Å². The lowest BCUT2D eigenvalue weighted by Gasteiger charge is -2.07. The van der Waals surface area contributed by atoms with Crippen LogP contribution in [0.2, 0.25) is 0 Å². The number of para-hydroxylation sites is 2. The van der Waals surface area contributed by atoms with Crippen LogP contribution in [0.5, 0.6) is 0 Å². The fraction of sp³-hybridized carbons (Fsp3) is 0. The summed E-state index contributed by atoms with van der Waals surface area (Å²) in [4.78, 5) is 16.4. The van der Waals surface area contributed by atoms with Crippen molar-refractivity contribution in [3.8, 4) is 22.9 Å². The molecule has 0 fully saturated rings. The van der Waals surface area contributed by atoms with E-state index >= 15 is 0 Å². The Morgan fingerprint density at radius 2 is 1.68 bits per heavy atom. The van der Waals surface area contributed by atoms with E-state index in [2.05, 4.69) is 35.5 Å². The number of nitrogens with zero attached hydrogens (tertiary/aromatic N) is 5. The maximum Gasteiger partial charge on any atom is 0.180 e. The Bertz CT molecular complexity index is 1200. The number of aromatic amines is 1. The van der Waals surface area contributed by atoms with Gasteiger partial charge in [-0.15, -0.1) is 10.2 Å². The van der Waals surface area contributed by atoms with E-state index in [1.54, 1.807) is 18.5 Å². The Morgan fingerprint density at radius 1 is 0.786 bits per heavy atom. The lowest BCUT2D eigenvalue weighted by Crippen LogP contribution is -1.98. The van der Waals surface area contributed by atoms with Crippen molar-refractivity contribution in [2.24, 2.45) is 0 Å². The molecule has 7 heteroatoms. The number of rotatable bonds is 4. The first kappa shape index (κ1) is 16.1. The smallest absolute Gasteiger partial charge is 0.180 e. The first-order chi connectivity index (χ1) is 13.8. The van der Waals surface area contributed by atoms with Crippen LogP contribution in [0.15, 0.2) is 79.1 Å². The number of nitrogens with one attached hydrogen (secondary N) is 2. The molecule has 28 heavy (non-hydrogen) atoms. The maximum atomic E-state index is 4.65. The molecule has 0 saturated heterocycles. The van der Waals surface area contributed by atoms with Crippen LogP contribution in [-0.4, -0.2) is 30.1 Å². The van der Waals surface area contributed by atoms with Crippen LogP contribution in [0.1, 0.15) is 0 Å². The summed E-state index contributed by atoms with van der Waals surface area (Å²) in [5, 5.41) is 11.7. The van der Waals surface area contributed by atoms with Gasteiger partial charge in [0.15, 0.2) is 11.6 Å². The first-order valence-corrected chi connectivity index (χ1v) is 8.78. The summed E-state index contributed by atoms with van der Waals surface area (Å²) in [5.41, 5.74) is 4.47. The number of anilines is 2. The zero-order chi connectivity index (χ0) is 18.8. The Balaban J connectivity index is 1.39. The van der Waals surface area contributed by atoms with E-state index < -0.39 is 0 Å². The summed E-state index contributed by atoms with van der Waals surface area (Å²) in [6, 6.07) is 21.4. The van der Waals surface area contributed by atoms with E-state index in [1.807, 2.05) is 60.7 Å². The van der Waals surface area contributed by atoms with Crippen LogP contribution in [0.3, 0.4) is 0 Å². The Hall–Kier alpha value is -4.13. The molecule has 3 heterocycles. The molecule has 0 bridgehead atoms. The van der Waals surface area contributed by atoms with Crippen LogP contribution in [0.25, 0.3) is 33.9 Å². The zero-order valence-electron chi connectivity index (χ0n) is 14.7. The second kappa shape index (κ2) is 6.88. The minimum absolute atomic E-state index is 0.549. The molecular formula is C21H15N7. The van der Waals surface area contributed by atoms with Gasteiger partial charge in [0, 0.05) is 23.6 Å². The number of hydrogen-bond acceptors (Lipinski definition) is 6. The van der Waals surface area contributed by atoms with Crippen molar-refractivity contribution in [3.63, 3.8) is 0 Å². The number of benzene rings is 2. The molecule has 2 N–H and O–H groups in total. The minimum Gasteiger partial charge on any atom is -0.339 e. The summed E-state index contributed by atoms with van der Waals surface area (Å²) in [5.74, 6) is 2.02. The molecule has 134 valence electrons. The summed E-state index contributed by atoms with van der Waals surface area (Å²) >= 11 is 0. The molecule has 5 rings (SSSR count). The highest BCUT2D eigenvalue weighted by molar-refractivity contribution is 5.80. The third-order valence-corrected chi connectivity index (χ3v) is 4.26. The standard InChI is InChI=1S/C21H15N7/c1-2-8-17-16(7-1)25-20(26-17)14-5-3-6-15(13-14)24-19-10-9-18(27-28-19)21-22-11-4-12-23-21/h1-13H,(H,24,28)(H,25,26). The topological polar surface area (TPSA) is 92.3 Å². The molecule has 5 aromatic rings. The van der Waals surface area contributed by atoms with Crippen molar-refractivity contribution in [1.82, 2.24) is 30.1 Å². The van der Waals surface area contributed by atoms with Crippen molar-refractivity contribution in [3.05, 3.63) is 79.1 Å². The predicted molar refractivity (Wildman–Crippen MR) is 108 cm³/mol. The van der Waals surface area contributed by atoms with Gasteiger partial charge in [-0.05, 0) is 42.5 Å². The largest absolute Gasteiger partial charge is 0.339 e. The normalized spacial score (nSPS) is 10.9. The molecule has 0 amide bonds. The molecule has 0 unspecified atom stereocenters. The first-order valence-electron chi connectivity index (χ1n) is 8.78. The molecule has 0 saturated carbocycles. The molecule has 2 aromatic carbocycles. The predicted octanol–water partition coefficient (Wildman–Crippen LogP) is 4.22. The summed E-state index contributed by atoms with van der Waals surface area (Å²) in [6.45, 7) is 0. The molecule has 0 atom stereocenters. The van der Waals surface area contributed by atoms with Gasteiger partial charge in [-0.1, -0.05) is 24.3 Å². The summed E-state index contributed by atoms with van der Waals surface area (Å²) in [7, 11) is 0. The van der Waals surface area contributed by atoms with Crippen molar-refractivity contribution >= 4 is 22.5 Å². The lowest BCUT2D eigenvalue weighted by atomic mass is 10.2. The van der Waals surface area contributed by atoms with Gasteiger partial charge >= 0.3 is 0 Å². The molecule has 7 nitrogen and oxygen atoms in total. The average Bonchev–Trinajstić information content (AvgIpc) is 3.20. The third kappa shape index (κ3) is 3.16. The van der Waals surface area contributed by atoms with Gasteiger partial charge in [0.05, 0.1) is 11.0 Å². The van der Waals surface area contributed by atoms with Crippen LogP contribution in [0.4, 0.5) is 11.5 Å². The van der Waals surface area contributed by atoms with Gasteiger partial charge in [0.2, 0.25) is 0 Å². The number of fused-ring (bicyclic) bond motifs is 1. The van der Waals surface area contributed by atoms with E-state index in [1.165, 1.54) is 0 Å². The van der Waals surface area contributed by atoms with Crippen molar-refractivity contribution in [2.45, 2.75) is 0 Å². The quantitative estimate of drug-likeness (QED) is 0.495. The highest BCUT2D eigenvalue weighted by Crippen LogP contribution is 2.24. The molecular weight excluding hydrogens is 350 g/mol. The van der Waals surface area contributed by atoms with E-state index in [0.29, 0.717) is 17.3 Å². The summed E-state index contributed by atoms with van der Waals surface area (Å²) < 4.78 is 0. The van der Waals surface area contributed by atoms with E-state index in [9.17, 15) is 0 Å². The number of imidazole rings is 1. The third-order valence-electron chi connectivity index (χ3n) is 4.26. The number of aromatic nitrogens is 6. The summed E-state index contributed by atoms with van der Waals surface area (Å²) in [6.07, 6.45) is 3.36. The Morgan fingerprint density at radius 3 is 2.50 bits per heavy atom. The van der Waals surface area contributed by atoms with Crippen LogP contribution in [-0.2, 0) is 0 Å². The van der Waals surface area contributed by atoms with Gasteiger partial charge in [-0.3, -0.25) is 0 Å². The van der Waals surface area contributed by atoms with Crippen molar-refractivity contribution in [2.75, 3.05) is 5.32 Å². The average molecular weight is 365 g/mol. The van der Waals surface area contributed by atoms with E-state index in [4.69, 9.17) is 0 Å². The van der Waals surface area contributed by atoms with Gasteiger partial charge in [-0.2, -0.15) is 0 Å². The monoisotopic (exact) mass is 365 g/mol. The second-order valence-corrected chi connectivity index (χ2v) is 6.18. The lowest BCUT2D eigenvalue weighted by molar-refractivity contribution is 1.02. The van der Waals surface area contributed by atoms with Crippen LogP contribution >= 0.6 is 0 Å². The fourth-order valence-corrected chi connectivity index (χ4v) is 2.93. The molecule has 0 radical (unpaired) electrons. The molecule has 0 aliphatic heterocycles. The highest BCUT2D eigenvalue weighted by Gasteiger charge is 2.07.